The minimum Gasteiger partial charge on any atom is -0.466 e. The lowest BCUT2D eigenvalue weighted by molar-refractivity contribution is -0.214. The third-order valence-electron chi connectivity index (χ3n) is 7.66. The summed E-state index contributed by atoms with van der Waals surface area (Å²) in [5.41, 5.74) is 0. The predicted octanol–water partition coefficient (Wildman–Crippen LogP) is 4.10. The van der Waals surface area contributed by atoms with Gasteiger partial charge >= 0.3 is 18.2 Å². The van der Waals surface area contributed by atoms with Crippen LogP contribution in [0.25, 0.3) is 0 Å². The second kappa shape index (κ2) is 10.8. The normalized spacial score (nSPS) is 31.1. The van der Waals surface area contributed by atoms with Gasteiger partial charge in [0.25, 0.3) is 0 Å². The number of hydrogen-bond donors (Lipinski definition) is 0. The summed E-state index contributed by atoms with van der Waals surface area (Å²) in [6.07, 6.45) is -5.95. The van der Waals surface area contributed by atoms with E-state index >= 15 is 0 Å². The van der Waals surface area contributed by atoms with Gasteiger partial charge in [0.2, 0.25) is 10.8 Å². The first-order valence-electron chi connectivity index (χ1n) is 12.7. The fraction of sp³-hybridized carbons (Fsp3) is 0.615. The molecule has 0 saturated carbocycles. The van der Waals surface area contributed by atoms with Crippen molar-refractivity contribution < 1.29 is 47.3 Å². The summed E-state index contributed by atoms with van der Waals surface area (Å²) in [5.74, 6) is -1.28. The first kappa shape index (κ1) is 29.4. The Labute approximate surface area is 232 Å². The molecule has 4 rings (SSSR count). The Hall–Kier alpha value is -2.61. The number of benzene rings is 1. The average Bonchev–Trinajstić information content (AvgIpc) is 3.19. The minimum absolute atomic E-state index is 0.0964. The smallest absolute Gasteiger partial charge is 0.466 e. The SMILES string of the molecule is COC(=O)[C@]1(Sc2ccccc2)C[C@@H]2OC(=O)N(C(C)=O)[C@H]2[C@H]([C@H]2OC(=O)OC[C@H]2O[Si](C)(C)C(C)(C)C)O1. The van der Waals surface area contributed by atoms with Crippen LogP contribution in [0.1, 0.15) is 34.1 Å². The summed E-state index contributed by atoms with van der Waals surface area (Å²) in [4.78, 5) is 51.2. The quantitative estimate of drug-likeness (QED) is 0.274. The topological polar surface area (TPSA) is 127 Å². The number of carbonyl (C=O) groups excluding carboxylic acids is 4. The Kier molecular flexibility index (Phi) is 8.10. The van der Waals surface area contributed by atoms with Crippen molar-refractivity contribution in [3.8, 4) is 0 Å². The Morgan fingerprint density at radius 1 is 1.10 bits per heavy atom. The molecule has 0 bridgehead atoms. The number of amides is 2. The van der Waals surface area contributed by atoms with Crippen molar-refractivity contribution in [3.05, 3.63) is 30.3 Å². The lowest BCUT2D eigenvalue weighted by Crippen LogP contribution is -2.67. The Morgan fingerprint density at radius 3 is 2.36 bits per heavy atom. The van der Waals surface area contributed by atoms with Gasteiger partial charge in [-0.2, -0.15) is 0 Å². The lowest BCUT2D eigenvalue weighted by atomic mass is 9.89. The van der Waals surface area contributed by atoms with E-state index in [9.17, 15) is 19.2 Å². The van der Waals surface area contributed by atoms with E-state index in [1.54, 1.807) is 12.1 Å². The second-order valence-electron chi connectivity index (χ2n) is 11.3. The summed E-state index contributed by atoms with van der Waals surface area (Å²) >= 11 is 1.10. The molecular weight excluding hydrogens is 546 g/mol. The second-order valence-corrected chi connectivity index (χ2v) is 17.4. The molecule has 3 heterocycles. The van der Waals surface area contributed by atoms with Gasteiger partial charge in [-0.1, -0.05) is 50.7 Å². The lowest BCUT2D eigenvalue weighted by Gasteiger charge is -2.49. The molecule has 11 nitrogen and oxygen atoms in total. The van der Waals surface area contributed by atoms with E-state index in [1.807, 2.05) is 31.3 Å². The van der Waals surface area contributed by atoms with Gasteiger partial charge in [-0.15, -0.1) is 0 Å². The van der Waals surface area contributed by atoms with Crippen LogP contribution in [0.4, 0.5) is 9.59 Å². The van der Waals surface area contributed by atoms with Crippen LogP contribution in [0.3, 0.4) is 0 Å². The molecule has 6 atom stereocenters. The standard InChI is InChI=1S/C26H35NO10SSi/c1-15(28)27-19-17(34-23(27)30)13-26(22(29)32-5,38-16-11-9-8-10-12-16)36-21(19)20-18(14-33-24(31)35-20)37-39(6,7)25(2,3)4/h8-12,17-21H,13-14H2,1-7H3/t17-,18+,19+,20-,21+,26+/m0/s1. The molecule has 0 aliphatic carbocycles. The number of esters is 1. The first-order valence-corrected chi connectivity index (χ1v) is 16.4. The van der Waals surface area contributed by atoms with Gasteiger partial charge in [0.05, 0.1) is 7.11 Å². The van der Waals surface area contributed by atoms with Crippen molar-refractivity contribution in [1.82, 2.24) is 4.90 Å². The van der Waals surface area contributed by atoms with E-state index in [4.69, 9.17) is 28.1 Å². The van der Waals surface area contributed by atoms with Crippen LogP contribution in [0.5, 0.6) is 0 Å². The number of thioether (sulfide) groups is 1. The molecule has 3 saturated heterocycles. The Bertz CT molecular complexity index is 1130. The molecule has 0 N–H and O–H groups in total. The number of ether oxygens (including phenoxy) is 5. The van der Waals surface area contributed by atoms with Crippen molar-refractivity contribution in [1.29, 1.82) is 0 Å². The van der Waals surface area contributed by atoms with E-state index in [2.05, 4.69) is 20.8 Å². The highest BCUT2D eigenvalue weighted by Gasteiger charge is 2.64. The van der Waals surface area contributed by atoms with Gasteiger partial charge in [-0.05, 0) is 30.3 Å². The highest BCUT2D eigenvalue weighted by atomic mass is 32.2. The van der Waals surface area contributed by atoms with E-state index in [1.165, 1.54) is 14.0 Å². The van der Waals surface area contributed by atoms with Crippen molar-refractivity contribution in [2.75, 3.05) is 13.7 Å². The van der Waals surface area contributed by atoms with Crippen LogP contribution in [-0.4, -0.2) is 86.4 Å². The van der Waals surface area contributed by atoms with Gasteiger partial charge in [0.1, 0.15) is 31.0 Å². The molecule has 13 heteroatoms. The van der Waals surface area contributed by atoms with Crippen LogP contribution in [0.15, 0.2) is 35.2 Å². The van der Waals surface area contributed by atoms with Crippen molar-refractivity contribution in [2.45, 2.75) is 92.5 Å². The zero-order valence-corrected chi connectivity index (χ0v) is 24.9. The van der Waals surface area contributed by atoms with Crippen LogP contribution >= 0.6 is 11.8 Å². The predicted molar refractivity (Wildman–Crippen MR) is 141 cm³/mol. The van der Waals surface area contributed by atoms with Crippen LogP contribution in [0.2, 0.25) is 18.1 Å². The summed E-state index contributed by atoms with van der Waals surface area (Å²) in [6, 6.07) is 8.09. The van der Waals surface area contributed by atoms with Crippen LogP contribution < -0.4 is 0 Å². The molecule has 3 aliphatic heterocycles. The number of cyclic esters (lactones) is 2. The maximum atomic E-state index is 13.4. The summed E-state index contributed by atoms with van der Waals surface area (Å²) in [5, 5.41) is -0.189. The third kappa shape index (κ3) is 5.67. The van der Waals surface area contributed by atoms with Crippen molar-refractivity contribution >= 4 is 44.2 Å². The van der Waals surface area contributed by atoms with Gasteiger partial charge < -0.3 is 28.1 Å². The van der Waals surface area contributed by atoms with E-state index in [-0.39, 0.29) is 18.1 Å². The first-order chi connectivity index (χ1) is 18.2. The van der Waals surface area contributed by atoms with Gasteiger partial charge in [0.15, 0.2) is 14.4 Å². The number of fused-ring (bicyclic) bond motifs is 1. The molecule has 2 amide bonds. The van der Waals surface area contributed by atoms with Gasteiger partial charge in [0, 0.05) is 18.2 Å². The molecule has 1 aromatic rings. The summed E-state index contributed by atoms with van der Waals surface area (Å²) < 4.78 is 34.8. The van der Waals surface area contributed by atoms with Gasteiger partial charge in [-0.3, -0.25) is 4.79 Å². The summed E-state index contributed by atoms with van der Waals surface area (Å²) in [6.45, 7) is 11.4. The summed E-state index contributed by atoms with van der Waals surface area (Å²) in [7, 11) is -1.20. The molecule has 0 spiro atoms. The number of rotatable bonds is 6. The van der Waals surface area contributed by atoms with Gasteiger partial charge in [-0.25, -0.2) is 19.3 Å². The van der Waals surface area contributed by atoms with Crippen LogP contribution in [-0.2, 0) is 37.7 Å². The Morgan fingerprint density at radius 2 is 1.77 bits per heavy atom. The average molecular weight is 582 g/mol. The molecule has 1 aromatic carbocycles. The fourth-order valence-electron chi connectivity index (χ4n) is 4.74. The van der Waals surface area contributed by atoms with E-state index in [0.717, 1.165) is 16.7 Å². The van der Waals surface area contributed by atoms with E-state index in [0.29, 0.717) is 4.90 Å². The third-order valence-corrected chi connectivity index (χ3v) is 13.4. The number of imide groups is 1. The highest BCUT2D eigenvalue weighted by Crippen LogP contribution is 2.49. The maximum absolute atomic E-state index is 13.4. The van der Waals surface area contributed by atoms with Crippen molar-refractivity contribution in [3.63, 3.8) is 0 Å². The van der Waals surface area contributed by atoms with E-state index < -0.39 is 67.8 Å². The highest BCUT2D eigenvalue weighted by molar-refractivity contribution is 8.01. The molecule has 0 aromatic heterocycles. The number of nitrogens with zero attached hydrogens (tertiary/aromatic N) is 1. The molecule has 0 unspecified atom stereocenters. The van der Waals surface area contributed by atoms with Crippen molar-refractivity contribution in [2.24, 2.45) is 0 Å². The number of methoxy groups -OCH3 is 1. The molecule has 0 radical (unpaired) electrons. The Balaban J connectivity index is 1.80. The fourth-order valence-corrected chi connectivity index (χ4v) is 7.30. The molecular formula is C26H35NO10SSi. The molecule has 214 valence electrons. The molecule has 3 aliphatic rings. The zero-order valence-electron chi connectivity index (χ0n) is 23.1. The zero-order chi connectivity index (χ0) is 28.8. The monoisotopic (exact) mass is 581 g/mol. The van der Waals surface area contributed by atoms with Crippen LogP contribution in [0, 0.1) is 0 Å². The molecule has 3 fully saturated rings. The largest absolute Gasteiger partial charge is 0.508 e. The minimum atomic E-state index is -2.43. The maximum Gasteiger partial charge on any atom is 0.508 e. The number of hydrogen-bond acceptors (Lipinski definition) is 11. The molecule has 39 heavy (non-hydrogen) atoms. The number of carbonyl (C=O) groups is 4.